The van der Waals surface area contributed by atoms with E-state index >= 15 is 0 Å². The van der Waals surface area contributed by atoms with E-state index in [1.54, 1.807) is 6.07 Å². The second-order valence-corrected chi connectivity index (χ2v) is 7.43. The van der Waals surface area contributed by atoms with Gasteiger partial charge in [-0.25, -0.2) is 9.97 Å². The number of nitrogens with one attached hydrogen (secondary N) is 3. The number of anilines is 2. The van der Waals surface area contributed by atoms with Crippen molar-refractivity contribution in [3.63, 3.8) is 0 Å². The average Bonchev–Trinajstić information content (AvgIpc) is 2.57. The van der Waals surface area contributed by atoms with Crippen LogP contribution in [0.5, 0.6) is 5.75 Å². The van der Waals surface area contributed by atoms with Crippen LogP contribution >= 0.6 is 23.2 Å². The SMILES string of the molecule is CC(C)(C)Nc1ncnc(NNC(=O)COc2ccc(Cl)cc2Cl)c1[N+](=O)[O-]. The molecule has 150 valence electrons. The molecule has 0 saturated heterocycles. The van der Waals surface area contributed by atoms with Crippen LogP contribution < -0.4 is 20.9 Å². The van der Waals surface area contributed by atoms with Gasteiger partial charge in [-0.2, -0.15) is 0 Å². The van der Waals surface area contributed by atoms with Crippen LogP contribution in [0.2, 0.25) is 10.0 Å². The minimum absolute atomic E-state index is 0.0217. The standard InChI is InChI=1S/C16H18Cl2N6O4/c1-16(2,3)21-14-13(24(26)27)15(20-8-19-14)23-22-12(25)7-28-11-5-4-9(17)6-10(11)18/h4-6,8H,7H2,1-3H3,(H,22,25)(H2,19,20,21,23). The van der Waals surface area contributed by atoms with Crippen LogP contribution in [0.3, 0.4) is 0 Å². The number of hydrazine groups is 1. The molecule has 0 saturated carbocycles. The molecule has 0 aliphatic rings. The monoisotopic (exact) mass is 428 g/mol. The maximum absolute atomic E-state index is 12.0. The first-order valence-electron chi connectivity index (χ1n) is 7.97. The number of ether oxygens (including phenoxy) is 1. The molecule has 0 bridgehead atoms. The lowest BCUT2D eigenvalue weighted by molar-refractivity contribution is -0.383. The van der Waals surface area contributed by atoms with Crippen molar-refractivity contribution < 1.29 is 14.5 Å². The first kappa shape index (κ1) is 21.5. The molecule has 10 nitrogen and oxygen atoms in total. The topological polar surface area (TPSA) is 131 Å². The number of nitrogens with zero attached hydrogens (tertiary/aromatic N) is 3. The van der Waals surface area contributed by atoms with E-state index in [9.17, 15) is 14.9 Å². The minimum Gasteiger partial charge on any atom is -0.482 e. The van der Waals surface area contributed by atoms with Crippen LogP contribution in [0.1, 0.15) is 20.8 Å². The lowest BCUT2D eigenvalue weighted by Gasteiger charge is -2.21. The fraction of sp³-hybridized carbons (Fsp3) is 0.312. The third-order valence-corrected chi connectivity index (χ3v) is 3.60. The summed E-state index contributed by atoms with van der Waals surface area (Å²) in [5.74, 6) is -0.492. The van der Waals surface area contributed by atoms with Gasteiger partial charge in [-0.15, -0.1) is 0 Å². The van der Waals surface area contributed by atoms with Crippen molar-refractivity contribution in [1.82, 2.24) is 15.4 Å². The van der Waals surface area contributed by atoms with Crippen molar-refractivity contribution >= 4 is 46.4 Å². The van der Waals surface area contributed by atoms with E-state index in [1.165, 1.54) is 12.1 Å². The highest BCUT2D eigenvalue weighted by atomic mass is 35.5. The van der Waals surface area contributed by atoms with Gasteiger partial charge in [0, 0.05) is 10.6 Å². The van der Waals surface area contributed by atoms with Crippen molar-refractivity contribution in [2.24, 2.45) is 0 Å². The third kappa shape index (κ3) is 6.10. The molecule has 1 aromatic heterocycles. The summed E-state index contributed by atoms with van der Waals surface area (Å²) in [7, 11) is 0. The van der Waals surface area contributed by atoms with Crippen LogP contribution in [0.4, 0.5) is 17.3 Å². The quantitative estimate of drug-likeness (QED) is 0.451. The molecule has 0 spiro atoms. The summed E-state index contributed by atoms with van der Waals surface area (Å²) in [6.45, 7) is 5.09. The number of nitro groups is 1. The van der Waals surface area contributed by atoms with Crippen LogP contribution in [-0.2, 0) is 4.79 Å². The highest BCUT2D eigenvalue weighted by molar-refractivity contribution is 6.35. The van der Waals surface area contributed by atoms with E-state index in [0.29, 0.717) is 5.02 Å². The highest BCUT2D eigenvalue weighted by Crippen LogP contribution is 2.30. The number of aromatic nitrogens is 2. The number of carbonyl (C=O) groups excluding carboxylic acids is 1. The minimum atomic E-state index is -0.646. The van der Waals surface area contributed by atoms with Gasteiger partial charge < -0.3 is 10.1 Å². The Hall–Kier alpha value is -2.85. The number of benzene rings is 1. The largest absolute Gasteiger partial charge is 0.482 e. The number of hydrogen-bond donors (Lipinski definition) is 3. The van der Waals surface area contributed by atoms with Gasteiger partial charge in [-0.3, -0.25) is 25.8 Å². The van der Waals surface area contributed by atoms with E-state index in [1.807, 2.05) is 20.8 Å². The smallest absolute Gasteiger partial charge is 0.354 e. The van der Waals surface area contributed by atoms with Gasteiger partial charge in [0.1, 0.15) is 12.1 Å². The first-order chi connectivity index (χ1) is 13.1. The van der Waals surface area contributed by atoms with Crippen LogP contribution in [-0.4, -0.2) is 32.9 Å². The molecule has 28 heavy (non-hydrogen) atoms. The Kier molecular flexibility index (Phi) is 6.81. The predicted octanol–water partition coefficient (Wildman–Crippen LogP) is 3.42. The first-order valence-corrected chi connectivity index (χ1v) is 8.72. The molecule has 0 aliphatic carbocycles. The van der Waals surface area contributed by atoms with Gasteiger partial charge in [0.15, 0.2) is 6.61 Å². The maximum Gasteiger partial charge on any atom is 0.354 e. The highest BCUT2D eigenvalue weighted by Gasteiger charge is 2.26. The van der Waals surface area contributed by atoms with E-state index < -0.39 is 22.1 Å². The number of carbonyl (C=O) groups is 1. The van der Waals surface area contributed by atoms with Gasteiger partial charge in [-0.1, -0.05) is 23.2 Å². The van der Waals surface area contributed by atoms with Gasteiger partial charge >= 0.3 is 5.69 Å². The molecule has 2 rings (SSSR count). The van der Waals surface area contributed by atoms with Crippen LogP contribution in [0.15, 0.2) is 24.5 Å². The maximum atomic E-state index is 12.0. The molecule has 12 heteroatoms. The molecule has 0 fully saturated rings. The molecule has 1 amide bonds. The molecule has 3 N–H and O–H groups in total. The lowest BCUT2D eigenvalue weighted by Crippen LogP contribution is -2.34. The Bertz CT molecular complexity index is 888. The van der Waals surface area contributed by atoms with Gasteiger partial charge in [0.2, 0.25) is 11.6 Å². The second-order valence-electron chi connectivity index (χ2n) is 6.59. The summed E-state index contributed by atoms with van der Waals surface area (Å²) in [5, 5.41) is 15.0. The average molecular weight is 429 g/mol. The second kappa shape index (κ2) is 8.89. The lowest BCUT2D eigenvalue weighted by atomic mass is 10.1. The van der Waals surface area contributed by atoms with Crippen LogP contribution in [0.25, 0.3) is 0 Å². The Balaban J connectivity index is 2.04. The van der Waals surface area contributed by atoms with Crippen molar-refractivity contribution in [1.29, 1.82) is 0 Å². The molecule has 1 heterocycles. The summed E-state index contributed by atoms with van der Waals surface area (Å²) in [6.07, 6.45) is 1.14. The van der Waals surface area contributed by atoms with Crippen molar-refractivity contribution in [3.05, 3.63) is 44.7 Å². The Morgan fingerprint density at radius 1 is 1.25 bits per heavy atom. The molecule has 0 aliphatic heterocycles. The van der Waals surface area contributed by atoms with E-state index in [2.05, 4.69) is 26.1 Å². The van der Waals surface area contributed by atoms with Crippen molar-refractivity contribution in [3.8, 4) is 5.75 Å². The summed E-state index contributed by atoms with van der Waals surface area (Å²) in [6, 6.07) is 4.56. The third-order valence-electron chi connectivity index (χ3n) is 3.07. The molecule has 1 aromatic carbocycles. The Morgan fingerprint density at radius 3 is 2.54 bits per heavy atom. The molecule has 0 unspecified atom stereocenters. The summed E-state index contributed by atoms with van der Waals surface area (Å²) >= 11 is 11.7. The predicted molar refractivity (Wildman–Crippen MR) is 106 cm³/mol. The zero-order valence-corrected chi connectivity index (χ0v) is 16.8. The number of amides is 1. The molecular weight excluding hydrogens is 411 g/mol. The molecule has 0 atom stereocenters. The van der Waals surface area contributed by atoms with Gasteiger partial charge in [0.05, 0.1) is 9.95 Å². The fourth-order valence-corrected chi connectivity index (χ4v) is 2.45. The summed E-state index contributed by atoms with van der Waals surface area (Å²) < 4.78 is 5.29. The van der Waals surface area contributed by atoms with Crippen molar-refractivity contribution in [2.45, 2.75) is 26.3 Å². The van der Waals surface area contributed by atoms with E-state index in [0.717, 1.165) is 6.33 Å². The molecule has 0 radical (unpaired) electrons. The molecular formula is C16H18Cl2N6O4. The van der Waals surface area contributed by atoms with Gasteiger partial charge in [0.25, 0.3) is 5.91 Å². The fourth-order valence-electron chi connectivity index (χ4n) is 1.99. The zero-order chi connectivity index (χ0) is 20.9. The number of hydrogen-bond acceptors (Lipinski definition) is 8. The van der Waals surface area contributed by atoms with Crippen molar-refractivity contribution in [2.75, 3.05) is 17.3 Å². The summed E-state index contributed by atoms with van der Waals surface area (Å²) in [5.41, 5.74) is 3.82. The number of rotatable bonds is 7. The van der Waals surface area contributed by atoms with Crippen LogP contribution in [0, 0.1) is 10.1 Å². The van der Waals surface area contributed by atoms with Gasteiger partial charge in [-0.05, 0) is 39.0 Å². The number of halogens is 2. The normalized spacial score (nSPS) is 10.9. The molecule has 2 aromatic rings. The zero-order valence-electron chi connectivity index (χ0n) is 15.2. The Morgan fingerprint density at radius 2 is 1.93 bits per heavy atom. The summed E-state index contributed by atoms with van der Waals surface area (Å²) in [4.78, 5) is 30.5. The van der Waals surface area contributed by atoms with E-state index in [-0.39, 0.29) is 29.0 Å². The van der Waals surface area contributed by atoms with E-state index in [4.69, 9.17) is 27.9 Å². The Labute approximate surface area is 170 Å².